The van der Waals surface area contributed by atoms with Crippen molar-refractivity contribution in [2.45, 2.75) is 17.4 Å². The fourth-order valence-corrected chi connectivity index (χ4v) is 4.11. The number of hydrogen-bond donors (Lipinski definition) is 0. The molecule has 1 aliphatic rings. The van der Waals surface area contributed by atoms with Crippen LogP contribution in [0, 0.1) is 0 Å². The molecule has 1 heterocycles. The van der Waals surface area contributed by atoms with Crippen molar-refractivity contribution in [1.29, 1.82) is 0 Å². The second-order valence-electron chi connectivity index (χ2n) is 4.29. The molecular formula is C12H15BrO4S. The lowest BCUT2D eigenvalue weighted by Gasteiger charge is -2.11. The van der Waals surface area contributed by atoms with Crippen LogP contribution in [0.4, 0.5) is 0 Å². The van der Waals surface area contributed by atoms with Crippen LogP contribution in [0.5, 0.6) is 5.75 Å². The minimum Gasteiger partial charge on any atom is -0.497 e. The van der Waals surface area contributed by atoms with Crippen molar-refractivity contribution in [3.63, 3.8) is 0 Å². The van der Waals surface area contributed by atoms with Crippen LogP contribution in [-0.2, 0) is 20.3 Å². The maximum absolute atomic E-state index is 12.2. The van der Waals surface area contributed by atoms with Gasteiger partial charge in [-0.05, 0) is 30.2 Å². The smallest absolute Gasteiger partial charge is 0.159 e. The zero-order valence-corrected chi connectivity index (χ0v) is 12.5. The molecule has 1 saturated heterocycles. The number of benzene rings is 1. The average molecular weight is 335 g/mol. The molecule has 1 unspecified atom stereocenters. The third-order valence-corrected chi connectivity index (χ3v) is 5.51. The molecule has 4 nitrogen and oxygen atoms in total. The Balaban J connectivity index is 2.20. The average Bonchev–Trinajstić information content (AvgIpc) is 2.81. The minimum atomic E-state index is -3.16. The molecule has 0 saturated carbocycles. The van der Waals surface area contributed by atoms with E-state index in [1.54, 1.807) is 25.3 Å². The first kappa shape index (κ1) is 13.8. The largest absolute Gasteiger partial charge is 0.497 e. The Morgan fingerprint density at radius 1 is 1.44 bits per heavy atom. The molecule has 0 radical (unpaired) electrons. The molecular weight excluding hydrogens is 320 g/mol. The maximum Gasteiger partial charge on any atom is 0.159 e. The van der Waals surface area contributed by atoms with Crippen LogP contribution in [0.3, 0.4) is 0 Å². The Hall–Kier alpha value is -0.590. The van der Waals surface area contributed by atoms with E-state index < -0.39 is 9.84 Å². The van der Waals surface area contributed by atoms with Gasteiger partial charge in [0.2, 0.25) is 0 Å². The highest BCUT2D eigenvalue weighted by Gasteiger charge is 2.29. The van der Waals surface area contributed by atoms with Crippen LogP contribution in [0.25, 0.3) is 0 Å². The summed E-state index contributed by atoms with van der Waals surface area (Å²) in [4.78, 5) is 0. The van der Waals surface area contributed by atoms with Crippen LogP contribution in [0.15, 0.2) is 22.7 Å². The molecule has 18 heavy (non-hydrogen) atoms. The quantitative estimate of drug-likeness (QED) is 0.846. The Morgan fingerprint density at radius 2 is 2.22 bits per heavy atom. The van der Waals surface area contributed by atoms with Gasteiger partial charge in [0.1, 0.15) is 5.75 Å². The highest BCUT2D eigenvalue weighted by molar-refractivity contribution is 9.10. The van der Waals surface area contributed by atoms with Crippen molar-refractivity contribution >= 4 is 25.8 Å². The van der Waals surface area contributed by atoms with E-state index in [4.69, 9.17) is 9.47 Å². The van der Waals surface area contributed by atoms with E-state index in [0.29, 0.717) is 25.4 Å². The number of methoxy groups -OCH3 is 1. The predicted molar refractivity (Wildman–Crippen MR) is 72.5 cm³/mol. The molecule has 0 aliphatic carbocycles. The Kier molecular flexibility index (Phi) is 4.29. The molecule has 100 valence electrons. The van der Waals surface area contributed by atoms with E-state index >= 15 is 0 Å². The lowest BCUT2D eigenvalue weighted by molar-refractivity contribution is 0.198. The SMILES string of the molecule is COc1cc(Br)cc(CS(=O)(=O)C2CCOC2)c1. The van der Waals surface area contributed by atoms with Gasteiger partial charge in [-0.2, -0.15) is 0 Å². The van der Waals surface area contributed by atoms with E-state index in [0.717, 1.165) is 10.0 Å². The number of rotatable bonds is 4. The summed E-state index contributed by atoms with van der Waals surface area (Å²) in [5, 5.41) is -0.373. The number of hydrogen-bond acceptors (Lipinski definition) is 4. The molecule has 0 spiro atoms. The molecule has 0 aromatic heterocycles. The molecule has 6 heteroatoms. The van der Waals surface area contributed by atoms with Gasteiger partial charge in [0.05, 0.1) is 24.7 Å². The van der Waals surface area contributed by atoms with Crippen molar-refractivity contribution in [2.24, 2.45) is 0 Å². The van der Waals surface area contributed by atoms with Crippen LogP contribution >= 0.6 is 15.9 Å². The van der Waals surface area contributed by atoms with Crippen LogP contribution in [0.1, 0.15) is 12.0 Å². The molecule has 1 aromatic rings. The summed E-state index contributed by atoms with van der Waals surface area (Å²) in [7, 11) is -1.60. The molecule has 1 atom stereocenters. The molecule has 0 bridgehead atoms. The minimum absolute atomic E-state index is 0.0246. The monoisotopic (exact) mass is 334 g/mol. The number of halogens is 1. The normalized spacial score (nSPS) is 20.0. The Labute approximate surface area is 115 Å². The van der Waals surface area contributed by atoms with Gasteiger partial charge < -0.3 is 9.47 Å². The topological polar surface area (TPSA) is 52.6 Å². The molecule has 0 amide bonds. The fraction of sp³-hybridized carbons (Fsp3) is 0.500. The maximum atomic E-state index is 12.2. The highest BCUT2D eigenvalue weighted by Crippen LogP contribution is 2.25. The summed E-state index contributed by atoms with van der Waals surface area (Å²) in [6, 6.07) is 5.35. The number of ether oxygens (including phenoxy) is 2. The second-order valence-corrected chi connectivity index (χ2v) is 7.49. The zero-order chi connectivity index (χ0) is 13.2. The molecule has 1 aliphatic heterocycles. The van der Waals surface area contributed by atoms with Crippen molar-refractivity contribution in [3.8, 4) is 5.75 Å². The number of sulfone groups is 1. The lowest BCUT2D eigenvalue weighted by Crippen LogP contribution is -2.22. The summed E-state index contributed by atoms with van der Waals surface area (Å²) in [5.74, 6) is 0.675. The van der Waals surface area contributed by atoms with Gasteiger partial charge in [-0.1, -0.05) is 15.9 Å². The summed E-state index contributed by atoms with van der Waals surface area (Å²) in [5.41, 5.74) is 0.730. The first-order valence-corrected chi connectivity index (χ1v) is 8.15. The van der Waals surface area contributed by atoms with Crippen LogP contribution in [-0.4, -0.2) is 34.0 Å². The molecule has 0 N–H and O–H groups in total. The van der Waals surface area contributed by atoms with E-state index in [1.807, 2.05) is 0 Å². The van der Waals surface area contributed by atoms with E-state index in [1.165, 1.54) is 0 Å². The third kappa shape index (κ3) is 3.24. The van der Waals surface area contributed by atoms with Crippen molar-refractivity contribution < 1.29 is 17.9 Å². The van der Waals surface area contributed by atoms with Crippen molar-refractivity contribution in [2.75, 3.05) is 20.3 Å². The van der Waals surface area contributed by atoms with Gasteiger partial charge in [-0.25, -0.2) is 8.42 Å². The first-order valence-electron chi connectivity index (χ1n) is 5.64. The van der Waals surface area contributed by atoms with Crippen molar-refractivity contribution in [3.05, 3.63) is 28.2 Å². The van der Waals surface area contributed by atoms with Gasteiger partial charge in [0, 0.05) is 11.1 Å². The summed E-state index contributed by atoms with van der Waals surface area (Å²) in [6.45, 7) is 0.846. The molecule has 2 rings (SSSR count). The summed E-state index contributed by atoms with van der Waals surface area (Å²) < 4.78 is 35.4. The molecule has 1 aromatic carbocycles. The summed E-state index contributed by atoms with van der Waals surface area (Å²) in [6.07, 6.45) is 0.591. The van der Waals surface area contributed by atoms with E-state index in [-0.39, 0.29) is 11.0 Å². The van der Waals surface area contributed by atoms with E-state index in [2.05, 4.69) is 15.9 Å². The van der Waals surface area contributed by atoms with Gasteiger partial charge in [0.25, 0.3) is 0 Å². The third-order valence-electron chi connectivity index (χ3n) is 2.93. The summed E-state index contributed by atoms with van der Waals surface area (Å²) >= 11 is 3.35. The lowest BCUT2D eigenvalue weighted by atomic mass is 10.2. The zero-order valence-electron chi connectivity index (χ0n) is 10.1. The Bertz CT molecular complexity index is 521. The first-order chi connectivity index (χ1) is 8.51. The second kappa shape index (κ2) is 5.59. The standard InChI is InChI=1S/C12H15BrO4S/c1-16-11-5-9(4-10(13)6-11)8-18(14,15)12-2-3-17-7-12/h4-6,12H,2-3,7-8H2,1H3. The van der Waals surface area contributed by atoms with Crippen molar-refractivity contribution in [1.82, 2.24) is 0 Å². The molecule has 1 fully saturated rings. The Morgan fingerprint density at radius 3 is 2.83 bits per heavy atom. The van der Waals surface area contributed by atoms with Crippen LogP contribution in [0.2, 0.25) is 0 Å². The van der Waals surface area contributed by atoms with Gasteiger partial charge in [0.15, 0.2) is 9.84 Å². The highest BCUT2D eigenvalue weighted by atomic mass is 79.9. The van der Waals surface area contributed by atoms with Gasteiger partial charge in [-0.3, -0.25) is 0 Å². The van der Waals surface area contributed by atoms with E-state index in [9.17, 15) is 8.42 Å². The fourth-order valence-electron chi connectivity index (χ4n) is 1.97. The van der Waals surface area contributed by atoms with Gasteiger partial charge in [-0.15, -0.1) is 0 Å². The van der Waals surface area contributed by atoms with Gasteiger partial charge >= 0.3 is 0 Å². The predicted octanol–water partition coefficient (Wildman–Crippen LogP) is 2.16. The van der Waals surface area contributed by atoms with Crippen LogP contribution < -0.4 is 4.74 Å².